The lowest BCUT2D eigenvalue weighted by atomic mass is 10.2. The molecule has 0 saturated heterocycles. The summed E-state index contributed by atoms with van der Waals surface area (Å²) in [6.45, 7) is 5.60. The molecule has 1 unspecified atom stereocenters. The van der Waals surface area contributed by atoms with Crippen LogP contribution in [0.3, 0.4) is 0 Å². The van der Waals surface area contributed by atoms with Gasteiger partial charge in [-0.3, -0.25) is 0 Å². The highest BCUT2D eigenvalue weighted by atomic mass is 19.1. The topological polar surface area (TPSA) is 78.0 Å². The quantitative estimate of drug-likeness (QED) is 0.828. The number of hydrogen-bond acceptors (Lipinski definition) is 5. The van der Waals surface area contributed by atoms with Crippen molar-refractivity contribution in [2.75, 3.05) is 11.1 Å². The number of anilines is 2. The highest BCUT2D eigenvalue weighted by Gasteiger charge is 2.15. The molecule has 0 aliphatic heterocycles. The molecule has 0 radical (unpaired) electrons. The number of halogens is 1. The molecule has 0 aliphatic carbocycles. The number of hydrogen-bond donors (Lipinski definition) is 2. The van der Waals surface area contributed by atoms with Crippen molar-refractivity contribution in [3.63, 3.8) is 0 Å². The first-order valence-corrected chi connectivity index (χ1v) is 6.74. The van der Waals surface area contributed by atoms with E-state index in [4.69, 9.17) is 10.5 Å². The summed E-state index contributed by atoms with van der Waals surface area (Å²) < 4.78 is 21.0. The smallest absolute Gasteiger partial charge is 0.167 e. The van der Waals surface area contributed by atoms with Gasteiger partial charge in [-0.05, 0) is 20.8 Å². The zero-order chi connectivity index (χ0) is 15.6. The molecule has 114 valence electrons. The van der Waals surface area contributed by atoms with Crippen molar-refractivity contribution >= 4 is 11.4 Å². The summed E-state index contributed by atoms with van der Waals surface area (Å²) >= 11 is 0. The summed E-state index contributed by atoms with van der Waals surface area (Å²) in [4.78, 5) is 0. The van der Waals surface area contributed by atoms with Gasteiger partial charge in [0.25, 0.3) is 0 Å². The zero-order valence-electron chi connectivity index (χ0n) is 12.6. The van der Waals surface area contributed by atoms with Crippen molar-refractivity contribution in [2.24, 2.45) is 7.05 Å². The van der Waals surface area contributed by atoms with Crippen LogP contribution >= 0.6 is 0 Å². The Morgan fingerprint density at radius 2 is 2.05 bits per heavy atom. The standard InChI is InChI=1S/C14H20FN5O/c1-8(2)21-13-6-12(11(16)5-10(13)15)18-9(3)14-19-17-7-20(14)4/h5-9,18H,16H2,1-4H3. The molecule has 6 nitrogen and oxygen atoms in total. The molecular weight excluding hydrogens is 273 g/mol. The largest absolute Gasteiger partial charge is 0.488 e. The third-order valence-electron chi connectivity index (χ3n) is 2.97. The van der Waals surface area contributed by atoms with Gasteiger partial charge in [-0.25, -0.2) is 4.39 Å². The fraction of sp³-hybridized carbons (Fsp3) is 0.429. The van der Waals surface area contributed by atoms with Gasteiger partial charge in [-0.1, -0.05) is 0 Å². The summed E-state index contributed by atoms with van der Waals surface area (Å²) in [7, 11) is 1.86. The molecule has 0 spiro atoms. The third-order valence-corrected chi connectivity index (χ3v) is 2.97. The number of benzene rings is 1. The zero-order valence-corrected chi connectivity index (χ0v) is 12.6. The Balaban J connectivity index is 2.25. The van der Waals surface area contributed by atoms with Gasteiger partial charge in [0.2, 0.25) is 0 Å². The fourth-order valence-corrected chi connectivity index (χ4v) is 2.02. The van der Waals surface area contributed by atoms with E-state index in [2.05, 4.69) is 15.5 Å². The van der Waals surface area contributed by atoms with Crippen LogP contribution < -0.4 is 15.8 Å². The van der Waals surface area contributed by atoms with E-state index in [1.165, 1.54) is 6.07 Å². The Morgan fingerprint density at radius 3 is 2.62 bits per heavy atom. The highest BCUT2D eigenvalue weighted by Crippen LogP contribution is 2.31. The second kappa shape index (κ2) is 5.99. The molecule has 1 aromatic heterocycles. The van der Waals surface area contributed by atoms with Crippen LogP contribution in [-0.2, 0) is 7.05 Å². The first-order valence-electron chi connectivity index (χ1n) is 6.74. The van der Waals surface area contributed by atoms with Gasteiger partial charge in [0.15, 0.2) is 17.4 Å². The summed E-state index contributed by atoms with van der Waals surface area (Å²) in [5, 5.41) is 11.1. The van der Waals surface area contributed by atoms with Crippen LogP contribution in [0.5, 0.6) is 5.75 Å². The van der Waals surface area contributed by atoms with E-state index in [-0.39, 0.29) is 17.9 Å². The number of nitrogens with zero attached hydrogens (tertiary/aromatic N) is 3. The maximum atomic E-state index is 13.8. The molecule has 0 fully saturated rings. The molecule has 1 aromatic carbocycles. The van der Waals surface area contributed by atoms with E-state index in [9.17, 15) is 4.39 Å². The van der Waals surface area contributed by atoms with Crippen molar-refractivity contribution in [3.05, 3.63) is 30.1 Å². The Bertz CT molecular complexity index is 626. The molecule has 0 amide bonds. The molecule has 1 atom stereocenters. The second-order valence-corrected chi connectivity index (χ2v) is 5.20. The van der Waals surface area contributed by atoms with Gasteiger partial charge in [0, 0.05) is 19.2 Å². The van der Waals surface area contributed by atoms with Gasteiger partial charge < -0.3 is 20.4 Å². The molecule has 0 aliphatic rings. The fourth-order valence-electron chi connectivity index (χ4n) is 2.02. The van der Waals surface area contributed by atoms with E-state index in [1.54, 1.807) is 12.4 Å². The van der Waals surface area contributed by atoms with E-state index in [1.807, 2.05) is 32.4 Å². The summed E-state index contributed by atoms with van der Waals surface area (Å²) in [5.41, 5.74) is 6.78. The molecular formula is C14H20FN5O. The lowest BCUT2D eigenvalue weighted by molar-refractivity contribution is 0.231. The number of aryl methyl sites for hydroxylation is 1. The summed E-state index contributed by atoms with van der Waals surface area (Å²) in [5.74, 6) is 0.454. The van der Waals surface area contributed by atoms with Crippen molar-refractivity contribution in [1.82, 2.24) is 14.8 Å². The normalized spacial score (nSPS) is 12.5. The second-order valence-electron chi connectivity index (χ2n) is 5.20. The Kier molecular flexibility index (Phi) is 4.30. The van der Waals surface area contributed by atoms with E-state index >= 15 is 0 Å². The van der Waals surface area contributed by atoms with Crippen molar-refractivity contribution in [3.8, 4) is 5.75 Å². The highest BCUT2D eigenvalue weighted by molar-refractivity contribution is 5.69. The van der Waals surface area contributed by atoms with Crippen molar-refractivity contribution in [1.29, 1.82) is 0 Å². The first-order chi connectivity index (χ1) is 9.88. The number of ether oxygens (including phenoxy) is 1. The first kappa shape index (κ1) is 15.1. The van der Waals surface area contributed by atoms with Crippen LogP contribution in [0, 0.1) is 5.82 Å². The molecule has 7 heteroatoms. The number of nitrogens with one attached hydrogen (secondary N) is 1. The maximum absolute atomic E-state index is 13.8. The van der Waals surface area contributed by atoms with Gasteiger partial charge in [0.05, 0.1) is 23.5 Å². The van der Waals surface area contributed by atoms with Crippen LogP contribution in [0.4, 0.5) is 15.8 Å². The number of rotatable bonds is 5. The minimum absolute atomic E-state index is 0.118. The van der Waals surface area contributed by atoms with Crippen molar-refractivity contribution < 1.29 is 9.13 Å². The predicted octanol–water partition coefficient (Wildman–Crippen LogP) is 2.50. The molecule has 3 N–H and O–H groups in total. The van der Waals surface area contributed by atoms with E-state index in [0.29, 0.717) is 11.4 Å². The number of nitrogen functional groups attached to an aromatic ring is 1. The molecule has 21 heavy (non-hydrogen) atoms. The van der Waals surface area contributed by atoms with Crippen LogP contribution in [0.15, 0.2) is 18.5 Å². The average molecular weight is 293 g/mol. The SMILES string of the molecule is CC(C)Oc1cc(NC(C)c2nncn2C)c(N)cc1F. The number of aromatic nitrogens is 3. The lowest BCUT2D eigenvalue weighted by Crippen LogP contribution is -2.14. The van der Waals surface area contributed by atoms with Crippen LogP contribution in [0.25, 0.3) is 0 Å². The van der Waals surface area contributed by atoms with E-state index in [0.717, 1.165) is 5.82 Å². The molecule has 0 saturated carbocycles. The monoisotopic (exact) mass is 293 g/mol. The lowest BCUT2D eigenvalue weighted by Gasteiger charge is -2.18. The van der Waals surface area contributed by atoms with Crippen LogP contribution in [0.2, 0.25) is 0 Å². The van der Waals surface area contributed by atoms with E-state index < -0.39 is 5.82 Å². The van der Waals surface area contributed by atoms with Gasteiger partial charge in [0.1, 0.15) is 6.33 Å². The van der Waals surface area contributed by atoms with Crippen molar-refractivity contribution in [2.45, 2.75) is 32.9 Å². The molecule has 0 bridgehead atoms. The summed E-state index contributed by atoms with van der Waals surface area (Å²) in [6.07, 6.45) is 1.50. The number of nitrogens with two attached hydrogens (primary N) is 1. The minimum Gasteiger partial charge on any atom is -0.488 e. The van der Waals surface area contributed by atoms with Crippen LogP contribution in [-0.4, -0.2) is 20.9 Å². The van der Waals surface area contributed by atoms with Crippen LogP contribution in [0.1, 0.15) is 32.6 Å². The summed E-state index contributed by atoms with van der Waals surface area (Å²) in [6, 6.07) is 2.69. The molecule has 2 rings (SSSR count). The Labute approximate surface area is 123 Å². The van der Waals surface area contributed by atoms with Gasteiger partial charge in [-0.2, -0.15) is 0 Å². The minimum atomic E-state index is -0.474. The molecule has 1 heterocycles. The predicted molar refractivity (Wildman–Crippen MR) is 79.6 cm³/mol. The molecule has 2 aromatic rings. The average Bonchev–Trinajstić information content (AvgIpc) is 2.81. The Hall–Kier alpha value is -2.31. The Morgan fingerprint density at radius 1 is 1.33 bits per heavy atom. The van der Waals surface area contributed by atoms with Gasteiger partial charge in [-0.15, -0.1) is 10.2 Å². The maximum Gasteiger partial charge on any atom is 0.167 e. The van der Waals surface area contributed by atoms with Gasteiger partial charge >= 0.3 is 0 Å². The third kappa shape index (κ3) is 3.42.